The van der Waals surface area contributed by atoms with Crippen molar-refractivity contribution in [1.82, 2.24) is 10.2 Å². The van der Waals surface area contributed by atoms with Crippen molar-refractivity contribution in [2.45, 2.75) is 52.7 Å². The first-order valence-electron chi connectivity index (χ1n) is 6.99. The molecule has 1 aliphatic heterocycles. The molecule has 2 rings (SSSR count). The first-order valence-corrected chi connectivity index (χ1v) is 6.99. The molecule has 2 heterocycles. The maximum atomic E-state index is 5.18. The number of nitrogens with zero attached hydrogens (tertiary/aromatic N) is 1. The number of hydrogen-bond donors (Lipinski definition) is 1. The predicted octanol–water partition coefficient (Wildman–Crippen LogP) is 2.88. The molecule has 1 aromatic heterocycles. The topological polar surface area (TPSA) is 28.4 Å². The number of rotatable bonds is 3. The van der Waals surface area contributed by atoms with E-state index in [-0.39, 0.29) is 0 Å². The molecule has 0 bridgehead atoms. The van der Waals surface area contributed by atoms with Gasteiger partial charge in [0.2, 0.25) is 0 Å². The molecule has 0 aliphatic carbocycles. The van der Waals surface area contributed by atoms with E-state index in [1.54, 1.807) is 6.26 Å². The summed E-state index contributed by atoms with van der Waals surface area (Å²) in [4.78, 5) is 2.59. The molecule has 1 fully saturated rings. The smallest absolute Gasteiger partial charge is 0.0947 e. The minimum Gasteiger partial charge on any atom is -0.472 e. The van der Waals surface area contributed by atoms with Gasteiger partial charge in [-0.3, -0.25) is 4.90 Å². The summed E-state index contributed by atoms with van der Waals surface area (Å²) in [6.07, 6.45) is 4.82. The van der Waals surface area contributed by atoms with Crippen molar-refractivity contribution in [2.75, 3.05) is 13.1 Å². The molecule has 0 spiro atoms. The fourth-order valence-electron chi connectivity index (χ4n) is 2.65. The average molecular weight is 250 g/mol. The number of furan rings is 1. The zero-order valence-corrected chi connectivity index (χ0v) is 12.1. The van der Waals surface area contributed by atoms with E-state index < -0.39 is 0 Å². The maximum absolute atomic E-state index is 5.18. The molecule has 0 amide bonds. The van der Waals surface area contributed by atoms with Gasteiger partial charge in [-0.05, 0) is 17.9 Å². The van der Waals surface area contributed by atoms with E-state index in [0.29, 0.717) is 17.5 Å². The second kappa shape index (κ2) is 5.45. The molecule has 1 N–H and O–H groups in total. The molecule has 2 atom stereocenters. The molecule has 0 saturated carbocycles. The van der Waals surface area contributed by atoms with Crippen LogP contribution in [-0.4, -0.2) is 30.1 Å². The highest BCUT2D eigenvalue weighted by Gasteiger charge is 2.33. The highest BCUT2D eigenvalue weighted by molar-refractivity contribution is 5.06. The Kier molecular flexibility index (Phi) is 4.13. The Labute approximate surface area is 111 Å². The summed E-state index contributed by atoms with van der Waals surface area (Å²) in [5.74, 6) is 0. The summed E-state index contributed by atoms with van der Waals surface area (Å²) in [7, 11) is 0. The van der Waals surface area contributed by atoms with Crippen molar-refractivity contribution in [3.8, 4) is 0 Å². The van der Waals surface area contributed by atoms with Gasteiger partial charge < -0.3 is 9.73 Å². The van der Waals surface area contributed by atoms with Crippen molar-refractivity contribution in [2.24, 2.45) is 5.41 Å². The molecule has 0 radical (unpaired) electrons. The van der Waals surface area contributed by atoms with E-state index in [9.17, 15) is 0 Å². The lowest BCUT2D eigenvalue weighted by atomic mass is 9.84. The molecular formula is C15H26N2O. The Bertz CT molecular complexity index is 353. The van der Waals surface area contributed by atoms with Gasteiger partial charge in [0.05, 0.1) is 12.5 Å². The van der Waals surface area contributed by atoms with Gasteiger partial charge in [-0.15, -0.1) is 0 Å². The quantitative estimate of drug-likeness (QED) is 0.894. The molecule has 102 valence electrons. The van der Waals surface area contributed by atoms with Gasteiger partial charge in [-0.1, -0.05) is 27.7 Å². The van der Waals surface area contributed by atoms with E-state index in [1.165, 1.54) is 12.0 Å². The Morgan fingerprint density at radius 3 is 2.78 bits per heavy atom. The summed E-state index contributed by atoms with van der Waals surface area (Å²) < 4.78 is 5.18. The summed E-state index contributed by atoms with van der Waals surface area (Å²) >= 11 is 0. The predicted molar refractivity (Wildman–Crippen MR) is 74.4 cm³/mol. The Morgan fingerprint density at radius 2 is 2.22 bits per heavy atom. The lowest BCUT2D eigenvalue weighted by molar-refractivity contribution is 0.0773. The van der Waals surface area contributed by atoms with E-state index in [2.05, 4.69) is 44.0 Å². The molecule has 3 nitrogen and oxygen atoms in total. The van der Waals surface area contributed by atoms with Crippen molar-refractivity contribution in [3.63, 3.8) is 0 Å². The van der Waals surface area contributed by atoms with Crippen LogP contribution in [0.1, 0.15) is 39.7 Å². The van der Waals surface area contributed by atoms with Gasteiger partial charge in [0, 0.05) is 37.3 Å². The van der Waals surface area contributed by atoms with Gasteiger partial charge in [0.15, 0.2) is 0 Å². The normalized spacial score (nSPS) is 26.4. The highest BCUT2D eigenvalue weighted by atomic mass is 16.3. The van der Waals surface area contributed by atoms with Crippen LogP contribution in [-0.2, 0) is 6.54 Å². The summed E-state index contributed by atoms with van der Waals surface area (Å²) in [5, 5.41) is 3.70. The van der Waals surface area contributed by atoms with Crippen LogP contribution in [0.4, 0.5) is 0 Å². The van der Waals surface area contributed by atoms with Crippen LogP contribution < -0.4 is 5.32 Å². The molecule has 1 saturated heterocycles. The van der Waals surface area contributed by atoms with Gasteiger partial charge in [0.1, 0.15) is 0 Å². The zero-order chi connectivity index (χ0) is 13.2. The molecule has 3 heteroatoms. The highest BCUT2D eigenvalue weighted by Crippen LogP contribution is 2.25. The van der Waals surface area contributed by atoms with Crippen LogP contribution >= 0.6 is 0 Å². The molecule has 0 aromatic carbocycles. The van der Waals surface area contributed by atoms with E-state index in [4.69, 9.17) is 4.42 Å². The lowest BCUT2D eigenvalue weighted by Gasteiger charge is -2.44. The Balaban J connectivity index is 2.04. The number of piperazine rings is 1. The van der Waals surface area contributed by atoms with E-state index in [1.807, 2.05) is 6.26 Å². The van der Waals surface area contributed by atoms with Gasteiger partial charge in [-0.25, -0.2) is 0 Å². The minimum absolute atomic E-state index is 0.313. The van der Waals surface area contributed by atoms with Crippen LogP contribution in [0, 0.1) is 5.41 Å². The first kappa shape index (κ1) is 13.6. The average Bonchev–Trinajstić information content (AvgIpc) is 2.80. The van der Waals surface area contributed by atoms with Gasteiger partial charge in [-0.2, -0.15) is 0 Å². The fraction of sp³-hybridized carbons (Fsp3) is 0.733. The van der Waals surface area contributed by atoms with Crippen LogP contribution in [0.2, 0.25) is 0 Å². The third kappa shape index (κ3) is 3.15. The molecular weight excluding hydrogens is 224 g/mol. The van der Waals surface area contributed by atoms with Gasteiger partial charge >= 0.3 is 0 Å². The van der Waals surface area contributed by atoms with Crippen LogP contribution in [0.5, 0.6) is 0 Å². The van der Waals surface area contributed by atoms with Gasteiger partial charge in [0.25, 0.3) is 0 Å². The monoisotopic (exact) mass is 250 g/mol. The molecule has 1 aliphatic rings. The van der Waals surface area contributed by atoms with Crippen LogP contribution in [0.25, 0.3) is 0 Å². The summed E-state index contributed by atoms with van der Waals surface area (Å²) in [6.45, 7) is 12.4. The van der Waals surface area contributed by atoms with E-state index >= 15 is 0 Å². The third-order valence-corrected chi connectivity index (χ3v) is 4.02. The Morgan fingerprint density at radius 1 is 1.44 bits per heavy atom. The van der Waals surface area contributed by atoms with Crippen molar-refractivity contribution in [1.29, 1.82) is 0 Å². The first-order chi connectivity index (χ1) is 8.50. The molecule has 1 aromatic rings. The minimum atomic E-state index is 0.313. The summed E-state index contributed by atoms with van der Waals surface area (Å²) in [5.41, 5.74) is 1.59. The second-order valence-electron chi connectivity index (χ2n) is 6.45. The number of hydrogen-bond acceptors (Lipinski definition) is 3. The fourth-order valence-corrected chi connectivity index (χ4v) is 2.65. The van der Waals surface area contributed by atoms with Crippen LogP contribution in [0.3, 0.4) is 0 Å². The lowest BCUT2D eigenvalue weighted by Crippen LogP contribution is -2.59. The van der Waals surface area contributed by atoms with Crippen molar-refractivity contribution in [3.05, 3.63) is 24.2 Å². The molecule has 18 heavy (non-hydrogen) atoms. The largest absolute Gasteiger partial charge is 0.472 e. The SMILES string of the molecule is CCC1CNC(C(C)(C)C)CN1Cc1ccoc1. The standard InChI is InChI=1S/C15H26N2O/c1-5-13-8-16-14(15(2,3)4)10-17(13)9-12-6-7-18-11-12/h6-7,11,13-14,16H,5,8-10H2,1-4H3. The van der Waals surface area contributed by atoms with Crippen molar-refractivity contribution >= 4 is 0 Å². The molecule has 2 unspecified atom stereocenters. The zero-order valence-electron chi connectivity index (χ0n) is 12.1. The summed E-state index contributed by atoms with van der Waals surface area (Å²) in [6, 6.07) is 3.27. The Hall–Kier alpha value is -0.800. The van der Waals surface area contributed by atoms with E-state index in [0.717, 1.165) is 19.6 Å². The van der Waals surface area contributed by atoms with Crippen molar-refractivity contribution < 1.29 is 4.42 Å². The maximum Gasteiger partial charge on any atom is 0.0947 e. The van der Waals surface area contributed by atoms with Crippen LogP contribution in [0.15, 0.2) is 23.0 Å². The third-order valence-electron chi connectivity index (χ3n) is 4.02. The second-order valence-corrected chi connectivity index (χ2v) is 6.45. The number of nitrogens with one attached hydrogen (secondary N) is 1.